The molecule has 6 rings (SSSR count). The van der Waals surface area contributed by atoms with Gasteiger partial charge in [0.05, 0.1) is 11.0 Å². The minimum atomic E-state index is -0.957. The number of aromatic nitrogens is 2. The minimum absolute atomic E-state index is 0.0303. The maximum Gasteiger partial charge on any atom is 0.279 e. The Balaban J connectivity index is 1.35. The monoisotopic (exact) mass is 548 g/mol. The summed E-state index contributed by atoms with van der Waals surface area (Å²) in [6.45, 7) is -0.538. The smallest absolute Gasteiger partial charge is 0.279 e. The lowest BCUT2D eigenvalue weighted by atomic mass is 9.73. The average molecular weight is 549 g/mol. The largest absolute Gasteiger partial charge is 0.385 e. The molecule has 4 atom stereocenters. The lowest BCUT2D eigenvalue weighted by Crippen LogP contribution is -2.58. The number of benzene rings is 1. The van der Waals surface area contributed by atoms with Crippen LogP contribution < -0.4 is 17.0 Å². The Morgan fingerprint density at radius 3 is 2.20 bits per heavy atom. The number of nitrogens with zero attached hydrogens (tertiary/aromatic N) is 4. The van der Waals surface area contributed by atoms with Gasteiger partial charge in [-0.15, -0.1) is 0 Å². The summed E-state index contributed by atoms with van der Waals surface area (Å²) in [4.78, 5) is 49.8. The van der Waals surface area contributed by atoms with Crippen LogP contribution in [0.1, 0.15) is 88.8 Å². The van der Waals surface area contributed by atoms with E-state index in [2.05, 4.69) is 15.0 Å². The number of para-hydroxylation sites is 2. The van der Waals surface area contributed by atoms with Gasteiger partial charge in [0, 0.05) is 24.2 Å². The predicted molar refractivity (Wildman–Crippen MR) is 152 cm³/mol. The van der Waals surface area contributed by atoms with Crippen molar-refractivity contribution in [3.63, 3.8) is 0 Å². The lowest BCUT2D eigenvalue weighted by Gasteiger charge is -2.54. The molecule has 2 aromatic rings. The highest BCUT2D eigenvalue weighted by Crippen LogP contribution is 2.47. The highest BCUT2D eigenvalue weighted by molar-refractivity contribution is 6.44. The van der Waals surface area contributed by atoms with E-state index < -0.39 is 29.7 Å². The molecule has 4 fully saturated rings. The Morgan fingerprint density at radius 2 is 1.55 bits per heavy atom. The fourth-order valence-electron chi connectivity index (χ4n) is 8.34. The van der Waals surface area contributed by atoms with Crippen LogP contribution in [-0.4, -0.2) is 56.7 Å². The van der Waals surface area contributed by atoms with E-state index in [4.69, 9.17) is 16.3 Å². The van der Waals surface area contributed by atoms with Crippen LogP contribution in [0.5, 0.6) is 0 Å². The van der Waals surface area contributed by atoms with Gasteiger partial charge in [-0.25, -0.2) is 4.98 Å². The van der Waals surface area contributed by atoms with Gasteiger partial charge >= 0.3 is 0 Å². The predicted octanol–water partition coefficient (Wildman–Crippen LogP) is 3.00. The SMILES string of the molecule is NC(=O)CO/N=C(\C(N)=O)c1nc2ccccc2n(C2CC3CCCC(C2)N3C2CC3CCCCC(C3)C2)c1=O. The molecule has 0 spiro atoms. The van der Waals surface area contributed by atoms with Gasteiger partial charge in [-0.2, -0.15) is 0 Å². The molecule has 4 aliphatic rings. The van der Waals surface area contributed by atoms with E-state index in [9.17, 15) is 14.4 Å². The van der Waals surface area contributed by atoms with E-state index >= 15 is 0 Å². The van der Waals surface area contributed by atoms with Gasteiger partial charge in [0.2, 0.25) is 0 Å². The summed E-state index contributed by atoms with van der Waals surface area (Å²) in [6.07, 6.45) is 14.9. The minimum Gasteiger partial charge on any atom is -0.385 e. The van der Waals surface area contributed by atoms with Gasteiger partial charge < -0.3 is 20.9 Å². The third-order valence-corrected chi connectivity index (χ3v) is 9.76. The van der Waals surface area contributed by atoms with Gasteiger partial charge in [-0.3, -0.25) is 19.3 Å². The number of fused-ring (bicyclic) bond motifs is 5. The first-order valence-corrected chi connectivity index (χ1v) is 15.0. The number of hydrogen-bond donors (Lipinski definition) is 2. The van der Waals surface area contributed by atoms with Crippen LogP contribution in [0.2, 0.25) is 0 Å². The first kappa shape index (κ1) is 26.9. The first-order valence-electron chi connectivity index (χ1n) is 15.0. The number of primary amides is 2. The zero-order chi connectivity index (χ0) is 27.8. The summed E-state index contributed by atoms with van der Waals surface area (Å²) >= 11 is 0. The van der Waals surface area contributed by atoms with Crippen molar-refractivity contribution >= 4 is 28.6 Å². The summed E-state index contributed by atoms with van der Waals surface area (Å²) in [6, 6.07) is 8.97. The molecule has 4 bridgehead atoms. The van der Waals surface area contributed by atoms with Crippen LogP contribution in [0.15, 0.2) is 34.2 Å². The van der Waals surface area contributed by atoms with Crippen molar-refractivity contribution in [2.45, 2.75) is 101 Å². The van der Waals surface area contributed by atoms with Gasteiger partial charge in [-0.1, -0.05) is 49.4 Å². The summed E-state index contributed by atoms with van der Waals surface area (Å²) in [5.74, 6) is 0.0120. The molecule has 214 valence electrons. The van der Waals surface area contributed by atoms with Crippen molar-refractivity contribution in [3.05, 3.63) is 40.3 Å². The fourth-order valence-corrected chi connectivity index (χ4v) is 8.34. The van der Waals surface area contributed by atoms with Crippen LogP contribution in [0.25, 0.3) is 11.0 Å². The van der Waals surface area contributed by atoms with Crippen LogP contribution in [0, 0.1) is 11.8 Å². The molecule has 4 unspecified atom stereocenters. The number of piperidine rings is 2. The number of carbonyl (C=O) groups is 2. The fraction of sp³-hybridized carbons (Fsp3) is 0.633. The molecule has 3 heterocycles. The molecule has 2 aliphatic heterocycles. The van der Waals surface area contributed by atoms with Gasteiger partial charge in [0.15, 0.2) is 18.0 Å². The van der Waals surface area contributed by atoms with E-state index in [1.807, 2.05) is 28.8 Å². The second-order valence-corrected chi connectivity index (χ2v) is 12.4. The van der Waals surface area contributed by atoms with Gasteiger partial charge in [0.1, 0.15) is 0 Å². The van der Waals surface area contributed by atoms with Crippen molar-refractivity contribution in [2.75, 3.05) is 6.61 Å². The second kappa shape index (κ2) is 11.3. The van der Waals surface area contributed by atoms with E-state index in [-0.39, 0.29) is 11.7 Å². The van der Waals surface area contributed by atoms with E-state index in [1.165, 1.54) is 51.4 Å². The molecule has 10 heteroatoms. The van der Waals surface area contributed by atoms with Crippen LogP contribution in [-0.2, 0) is 14.4 Å². The summed E-state index contributed by atoms with van der Waals surface area (Å²) in [7, 11) is 0. The Hall–Kier alpha value is -3.27. The Morgan fingerprint density at radius 1 is 0.875 bits per heavy atom. The van der Waals surface area contributed by atoms with Crippen molar-refractivity contribution in [1.82, 2.24) is 14.5 Å². The van der Waals surface area contributed by atoms with Crippen LogP contribution in [0.3, 0.4) is 0 Å². The van der Waals surface area contributed by atoms with Crippen molar-refractivity contribution in [3.8, 4) is 0 Å². The molecule has 0 radical (unpaired) electrons. The summed E-state index contributed by atoms with van der Waals surface area (Å²) < 4.78 is 1.81. The Kier molecular flexibility index (Phi) is 7.61. The molecular weight excluding hydrogens is 508 g/mol. The molecule has 1 aromatic carbocycles. The molecule has 2 aliphatic carbocycles. The quantitative estimate of drug-likeness (QED) is 0.402. The third-order valence-electron chi connectivity index (χ3n) is 9.76. The molecule has 2 saturated heterocycles. The highest BCUT2D eigenvalue weighted by Gasteiger charge is 2.45. The Bertz CT molecular complexity index is 1340. The third kappa shape index (κ3) is 5.25. The van der Waals surface area contributed by atoms with Crippen LogP contribution >= 0.6 is 0 Å². The molecule has 40 heavy (non-hydrogen) atoms. The summed E-state index contributed by atoms with van der Waals surface area (Å²) in [5.41, 5.74) is 11.0. The van der Waals surface area contributed by atoms with Crippen LogP contribution in [0.4, 0.5) is 0 Å². The van der Waals surface area contributed by atoms with E-state index in [0.29, 0.717) is 23.6 Å². The van der Waals surface area contributed by atoms with E-state index in [0.717, 1.165) is 43.0 Å². The number of rotatable bonds is 7. The topological polar surface area (TPSA) is 146 Å². The number of oxime groups is 1. The number of carbonyl (C=O) groups excluding carboxylic acids is 2. The molecule has 2 saturated carbocycles. The first-order chi connectivity index (χ1) is 19.4. The van der Waals surface area contributed by atoms with Crippen molar-refractivity contribution in [1.29, 1.82) is 0 Å². The van der Waals surface area contributed by atoms with E-state index in [1.54, 1.807) is 0 Å². The zero-order valence-corrected chi connectivity index (χ0v) is 23.0. The van der Waals surface area contributed by atoms with Crippen molar-refractivity contribution in [2.24, 2.45) is 28.5 Å². The number of hydrogen-bond acceptors (Lipinski definition) is 7. The molecular formula is C30H40N6O4. The maximum absolute atomic E-state index is 14.0. The molecule has 2 amide bonds. The van der Waals surface area contributed by atoms with Gasteiger partial charge in [0.25, 0.3) is 17.4 Å². The average Bonchev–Trinajstić information content (AvgIpc) is 3.09. The summed E-state index contributed by atoms with van der Waals surface area (Å²) in [5, 5.41) is 3.71. The Labute approximate surface area is 234 Å². The second-order valence-electron chi connectivity index (χ2n) is 12.4. The number of amides is 2. The van der Waals surface area contributed by atoms with Gasteiger partial charge in [-0.05, 0) is 68.9 Å². The van der Waals surface area contributed by atoms with Crippen molar-refractivity contribution < 1.29 is 14.4 Å². The number of nitrogens with two attached hydrogens (primary N) is 2. The molecule has 10 nitrogen and oxygen atoms in total. The zero-order valence-electron chi connectivity index (χ0n) is 23.0. The molecule has 1 aromatic heterocycles. The maximum atomic E-state index is 14.0. The normalized spacial score (nSPS) is 30.9. The lowest BCUT2D eigenvalue weighted by molar-refractivity contribution is -0.122. The highest BCUT2D eigenvalue weighted by atomic mass is 16.6. The standard InChI is InChI=1S/C30H40N6O4/c31-26(37)17-40-34-27(29(32)38)28-30(39)36(25-11-4-3-10-24(25)33-28)23-15-20-8-5-9-21(16-23)35(20)22-13-18-6-1-2-7-19(12-18)14-22/h3-4,10-11,18-23H,1-2,5-9,12-17H2,(H2,31,37)(H2,32,38)/b34-27-. The molecule has 4 N–H and O–H groups in total.